The molecular formula is C17H18BrN3O. The molecule has 1 aliphatic rings. The van der Waals surface area contributed by atoms with Crippen molar-refractivity contribution in [3.05, 3.63) is 52.3 Å². The standard InChI is InChI=1S/C17H18BrN3O/c1-12-10-13(18)4-6-15(12)20-14-5-7-16(19-11-14)17(22)21-8-2-3-9-21/h4-7,10-11,20H,2-3,8-9H2,1H3. The third-order valence-electron chi connectivity index (χ3n) is 3.84. The van der Waals surface area contributed by atoms with Crippen LogP contribution in [-0.2, 0) is 0 Å². The van der Waals surface area contributed by atoms with Crippen molar-refractivity contribution in [1.82, 2.24) is 9.88 Å². The van der Waals surface area contributed by atoms with E-state index in [-0.39, 0.29) is 5.91 Å². The maximum absolute atomic E-state index is 12.2. The number of likely N-dealkylation sites (tertiary alicyclic amines) is 1. The largest absolute Gasteiger partial charge is 0.354 e. The summed E-state index contributed by atoms with van der Waals surface area (Å²) in [6.07, 6.45) is 3.90. The second kappa shape index (κ2) is 6.48. The minimum atomic E-state index is 0.0314. The Bertz CT molecular complexity index is 679. The van der Waals surface area contributed by atoms with Crippen molar-refractivity contribution in [1.29, 1.82) is 0 Å². The van der Waals surface area contributed by atoms with E-state index in [1.54, 1.807) is 12.3 Å². The lowest BCUT2D eigenvalue weighted by Gasteiger charge is -2.15. The fourth-order valence-corrected chi connectivity index (χ4v) is 3.07. The summed E-state index contributed by atoms with van der Waals surface area (Å²) in [7, 11) is 0. The minimum Gasteiger partial charge on any atom is -0.354 e. The summed E-state index contributed by atoms with van der Waals surface area (Å²) in [5.74, 6) is 0.0314. The Morgan fingerprint density at radius 2 is 2.00 bits per heavy atom. The number of carbonyl (C=O) groups excluding carboxylic acids is 1. The van der Waals surface area contributed by atoms with Gasteiger partial charge in [-0.25, -0.2) is 4.98 Å². The summed E-state index contributed by atoms with van der Waals surface area (Å²) in [5, 5.41) is 3.33. The summed E-state index contributed by atoms with van der Waals surface area (Å²) in [5.41, 5.74) is 3.57. The van der Waals surface area contributed by atoms with E-state index in [2.05, 4.69) is 32.3 Å². The normalized spacial score (nSPS) is 14.2. The van der Waals surface area contributed by atoms with Gasteiger partial charge >= 0.3 is 0 Å². The van der Waals surface area contributed by atoms with Crippen LogP contribution < -0.4 is 5.32 Å². The maximum Gasteiger partial charge on any atom is 0.272 e. The third-order valence-corrected chi connectivity index (χ3v) is 4.34. The lowest BCUT2D eigenvalue weighted by Crippen LogP contribution is -2.28. The van der Waals surface area contributed by atoms with Gasteiger partial charge in [-0.05, 0) is 55.7 Å². The number of carbonyl (C=O) groups is 1. The molecule has 0 atom stereocenters. The second-order valence-corrected chi connectivity index (χ2v) is 6.43. The van der Waals surface area contributed by atoms with Crippen molar-refractivity contribution in [2.45, 2.75) is 19.8 Å². The highest BCUT2D eigenvalue weighted by Crippen LogP contribution is 2.23. The third kappa shape index (κ3) is 3.30. The molecule has 0 unspecified atom stereocenters. The minimum absolute atomic E-state index is 0.0314. The van der Waals surface area contributed by atoms with Crippen LogP contribution in [0.4, 0.5) is 11.4 Å². The molecule has 1 aromatic carbocycles. The molecule has 114 valence electrons. The zero-order chi connectivity index (χ0) is 15.5. The van der Waals surface area contributed by atoms with Crippen LogP contribution in [0.15, 0.2) is 41.0 Å². The fourth-order valence-electron chi connectivity index (χ4n) is 2.60. The van der Waals surface area contributed by atoms with E-state index in [1.165, 1.54) is 0 Å². The van der Waals surface area contributed by atoms with Crippen molar-refractivity contribution in [3.63, 3.8) is 0 Å². The van der Waals surface area contributed by atoms with Gasteiger partial charge in [-0.2, -0.15) is 0 Å². The Hall–Kier alpha value is -1.88. The topological polar surface area (TPSA) is 45.2 Å². The number of aromatic nitrogens is 1. The van der Waals surface area contributed by atoms with E-state index in [9.17, 15) is 4.79 Å². The SMILES string of the molecule is Cc1cc(Br)ccc1Nc1ccc(C(=O)N2CCCC2)nc1. The lowest BCUT2D eigenvalue weighted by molar-refractivity contribution is 0.0787. The van der Waals surface area contributed by atoms with Gasteiger partial charge in [-0.3, -0.25) is 4.79 Å². The number of anilines is 2. The van der Waals surface area contributed by atoms with Crippen LogP contribution in [-0.4, -0.2) is 28.9 Å². The smallest absolute Gasteiger partial charge is 0.272 e. The van der Waals surface area contributed by atoms with Crippen molar-refractivity contribution >= 4 is 33.2 Å². The van der Waals surface area contributed by atoms with Crippen LogP contribution >= 0.6 is 15.9 Å². The summed E-state index contributed by atoms with van der Waals surface area (Å²) in [6.45, 7) is 3.74. The molecule has 22 heavy (non-hydrogen) atoms. The van der Waals surface area contributed by atoms with Gasteiger partial charge < -0.3 is 10.2 Å². The zero-order valence-electron chi connectivity index (χ0n) is 12.5. The van der Waals surface area contributed by atoms with Crippen LogP contribution in [0.2, 0.25) is 0 Å². The van der Waals surface area contributed by atoms with E-state index in [0.29, 0.717) is 5.69 Å². The van der Waals surface area contributed by atoms with Crippen molar-refractivity contribution < 1.29 is 4.79 Å². The molecule has 2 heterocycles. The Kier molecular flexibility index (Phi) is 4.43. The Morgan fingerprint density at radius 3 is 2.64 bits per heavy atom. The second-order valence-electron chi connectivity index (χ2n) is 5.52. The zero-order valence-corrected chi connectivity index (χ0v) is 14.1. The summed E-state index contributed by atoms with van der Waals surface area (Å²) in [6, 6.07) is 9.76. The highest BCUT2D eigenvalue weighted by Gasteiger charge is 2.20. The van der Waals surface area contributed by atoms with E-state index >= 15 is 0 Å². The molecule has 2 aromatic rings. The van der Waals surface area contributed by atoms with Gasteiger partial charge in [-0.1, -0.05) is 15.9 Å². The molecule has 3 rings (SSSR count). The summed E-state index contributed by atoms with van der Waals surface area (Å²) in [4.78, 5) is 18.4. The van der Waals surface area contributed by atoms with Crippen molar-refractivity contribution in [2.24, 2.45) is 0 Å². The van der Waals surface area contributed by atoms with Gasteiger partial charge in [-0.15, -0.1) is 0 Å². The number of hydrogen-bond acceptors (Lipinski definition) is 3. The molecule has 0 radical (unpaired) electrons. The summed E-state index contributed by atoms with van der Waals surface area (Å²) >= 11 is 3.46. The molecule has 0 bridgehead atoms. The van der Waals surface area contributed by atoms with Gasteiger partial charge in [0.1, 0.15) is 5.69 Å². The highest BCUT2D eigenvalue weighted by molar-refractivity contribution is 9.10. The number of nitrogens with one attached hydrogen (secondary N) is 1. The van der Waals surface area contributed by atoms with E-state index in [0.717, 1.165) is 47.3 Å². The fraction of sp³-hybridized carbons (Fsp3) is 0.294. The predicted octanol–water partition coefficient (Wildman–Crippen LogP) is 4.13. The molecular weight excluding hydrogens is 342 g/mol. The molecule has 1 amide bonds. The highest BCUT2D eigenvalue weighted by atomic mass is 79.9. The van der Waals surface area contributed by atoms with Gasteiger partial charge in [0.25, 0.3) is 5.91 Å². The molecule has 1 aromatic heterocycles. The molecule has 1 fully saturated rings. The quantitative estimate of drug-likeness (QED) is 0.895. The van der Waals surface area contributed by atoms with Crippen LogP contribution in [0.1, 0.15) is 28.9 Å². The molecule has 5 heteroatoms. The molecule has 0 spiro atoms. The molecule has 1 aliphatic heterocycles. The van der Waals surface area contributed by atoms with Gasteiger partial charge in [0.2, 0.25) is 0 Å². The van der Waals surface area contributed by atoms with Crippen LogP contribution in [0.25, 0.3) is 0 Å². The average molecular weight is 360 g/mol. The first-order valence-corrected chi connectivity index (χ1v) is 8.21. The average Bonchev–Trinajstić information content (AvgIpc) is 3.04. The van der Waals surface area contributed by atoms with E-state index < -0.39 is 0 Å². The lowest BCUT2D eigenvalue weighted by atomic mass is 10.2. The summed E-state index contributed by atoms with van der Waals surface area (Å²) < 4.78 is 1.06. The maximum atomic E-state index is 12.2. The number of pyridine rings is 1. The van der Waals surface area contributed by atoms with Crippen molar-refractivity contribution in [3.8, 4) is 0 Å². The number of aryl methyl sites for hydroxylation is 1. The molecule has 4 nitrogen and oxygen atoms in total. The number of hydrogen-bond donors (Lipinski definition) is 1. The molecule has 0 aliphatic carbocycles. The van der Waals surface area contributed by atoms with Crippen LogP contribution in [0.5, 0.6) is 0 Å². The predicted molar refractivity (Wildman–Crippen MR) is 91.5 cm³/mol. The molecule has 1 saturated heterocycles. The van der Waals surface area contributed by atoms with Gasteiger partial charge in [0.05, 0.1) is 11.9 Å². The van der Waals surface area contributed by atoms with E-state index in [4.69, 9.17) is 0 Å². The van der Waals surface area contributed by atoms with Crippen molar-refractivity contribution in [2.75, 3.05) is 18.4 Å². The Balaban J connectivity index is 1.72. The Morgan fingerprint density at radius 1 is 1.23 bits per heavy atom. The van der Waals surface area contributed by atoms with Crippen LogP contribution in [0.3, 0.4) is 0 Å². The monoisotopic (exact) mass is 359 g/mol. The first-order valence-electron chi connectivity index (χ1n) is 7.42. The number of rotatable bonds is 3. The number of benzene rings is 1. The number of amides is 1. The molecule has 1 N–H and O–H groups in total. The number of halogens is 1. The Labute approximate surface area is 138 Å². The first-order chi connectivity index (χ1) is 10.6. The number of nitrogens with zero attached hydrogens (tertiary/aromatic N) is 2. The first kappa shape index (κ1) is 15.0. The molecule has 0 saturated carbocycles. The van der Waals surface area contributed by atoms with E-state index in [1.807, 2.05) is 30.0 Å². The van der Waals surface area contributed by atoms with Gasteiger partial charge in [0, 0.05) is 23.2 Å². The van der Waals surface area contributed by atoms with Gasteiger partial charge in [0.15, 0.2) is 0 Å². The van der Waals surface area contributed by atoms with Crippen LogP contribution in [0, 0.1) is 6.92 Å².